The van der Waals surface area contributed by atoms with Crippen LogP contribution in [0.3, 0.4) is 0 Å². The van der Waals surface area contributed by atoms with Crippen LogP contribution in [-0.2, 0) is 13.3 Å². The third-order valence-electron chi connectivity index (χ3n) is 4.08. The molecule has 0 fully saturated rings. The molecule has 3 rings (SSSR count). The van der Waals surface area contributed by atoms with Gasteiger partial charge in [-0.25, -0.2) is 9.07 Å². The predicted octanol–water partition coefficient (Wildman–Crippen LogP) is 3.05. The molecule has 0 aliphatic heterocycles. The summed E-state index contributed by atoms with van der Waals surface area (Å²) in [7, 11) is 0. The summed E-state index contributed by atoms with van der Waals surface area (Å²) in [6.07, 6.45) is 4.05. The fraction of sp³-hybridized carbons (Fsp3) is 0.278. The summed E-state index contributed by atoms with van der Waals surface area (Å²) in [4.78, 5) is 22.5. The Bertz CT molecular complexity index is 1050. The number of hydrogen-bond donors (Lipinski definition) is 1. The van der Waals surface area contributed by atoms with Gasteiger partial charge in [0.2, 0.25) is 5.75 Å². The van der Waals surface area contributed by atoms with Crippen molar-refractivity contribution in [2.45, 2.75) is 26.6 Å². The molecule has 3 aromatic rings. The highest BCUT2D eigenvalue weighted by atomic mass is 79.9. The molecule has 0 saturated carbocycles. The number of nitrogens with zero attached hydrogens (tertiary/aromatic N) is 5. The van der Waals surface area contributed by atoms with Gasteiger partial charge in [0.1, 0.15) is 11.5 Å². The van der Waals surface area contributed by atoms with Crippen molar-refractivity contribution in [3.05, 3.63) is 68.5 Å². The van der Waals surface area contributed by atoms with Crippen LogP contribution in [0.5, 0.6) is 5.75 Å². The first kappa shape index (κ1) is 21.4. The van der Waals surface area contributed by atoms with Gasteiger partial charge in [0.05, 0.1) is 15.1 Å². The molecule has 1 N–H and O–H groups in total. The highest BCUT2D eigenvalue weighted by Gasteiger charge is 2.16. The van der Waals surface area contributed by atoms with Crippen LogP contribution in [0.15, 0.2) is 41.1 Å². The largest absolute Gasteiger partial charge is 0.464 e. The molecule has 30 heavy (non-hydrogen) atoms. The van der Waals surface area contributed by atoms with Crippen LogP contribution < -0.4 is 10.1 Å². The molecular formula is C18H18BrFN6O4. The topological polar surface area (TPSA) is 117 Å². The number of carbonyl (C=O) groups is 1. The van der Waals surface area contributed by atoms with Crippen molar-refractivity contribution in [3.8, 4) is 5.75 Å². The molecule has 0 aliphatic carbocycles. The van der Waals surface area contributed by atoms with Crippen molar-refractivity contribution < 1.29 is 18.8 Å². The van der Waals surface area contributed by atoms with Crippen molar-refractivity contribution in [1.82, 2.24) is 24.9 Å². The Balaban J connectivity index is 1.49. The number of ether oxygens (including phenoxy) is 1. The molecule has 158 valence electrons. The zero-order valence-corrected chi connectivity index (χ0v) is 17.5. The summed E-state index contributed by atoms with van der Waals surface area (Å²) in [6, 6.07) is 4.42. The van der Waals surface area contributed by atoms with Gasteiger partial charge in [-0.1, -0.05) is 0 Å². The van der Waals surface area contributed by atoms with E-state index in [1.807, 2.05) is 13.1 Å². The first-order chi connectivity index (χ1) is 14.3. The molecule has 0 spiro atoms. The maximum Gasteiger partial charge on any atom is 0.311 e. The van der Waals surface area contributed by atoms with Gasteiger partial charge in [0, 0.05) is 37.6 Å². The summed E-state index contributed by atoms with van der Waals surface area (Å²) in [5.74, 6) is -1.24. The van der Waals surface area contributed by atoms with Crippen LogP contribution in [0, 0.1) is 22.9 Å². The highest BCUT2D eigenvalue weighted by Crippen LogP contribution is 2.27. The highest BCUT2D eigenvalue weighted by molar-refractivity contribution is 9.10. The SMILES string of the molecule is Cc1nn(CCCNC(=O)c2ccn(COc3cc(F)ccc3[N+](=O)[O-])n2)cc1Br. The molecule has 1 amide bonds. The Hall–Kier alpha value is -3.28. The Morgan fingerprint density at radius 1 is 1.33 bits per heavy atom. The summed E-state index contributed by atoms with van der Waals surface area (Å²) in [5.41, 5.74) is 0.710. The summed E-state index contributed by atoms with van der Waals surface area (Å²) in [6.45, 7) is 2.77. The number of amides is 1. The number of halogens is 2. The van der Waals surface area contributed by atoms with E-state index in [1.165, 1.54) is 16.9 Å². The zero-order chi connectivity index (χ0) is 21.7. The van der Waals surface area contributed by atoms with Gasteiger partial charge in [-0.3, -0.25) is 19.6 Å². The van der Waals surface area contributed by atoms with Crippen LogP contribution in [-0.4, -0.2) is 36.9 Å². The maximum atomic E-state index is 13.3. The molecule has 0 radical (unpaired) electrons. The fourth-order valence-corrected chi connectivity index (χ4v) is 2.90. The Kier molecular flexibility index (Phi) is 6.77. The van der Waals surface area contributed by atoms with E-state index in [2.05, 4.69) is 31.4 Å². The van der Waals surface area contributed by atoms with E-state index in [4.69, 9.17) is 4.74 Å². The number of aromatic nitrogens is 4. The van der Waals surface area contributed by atoms with Gasteiger partial charge in [-0.2, -0.15) is 10.2 Å². The van der Waals surface area contributed by atoms with Gasteiger partial charge in [0.15, 0.2) is 6.73 Å². The van der Waals surface area contributed by atoms with Crippen LogP contribution in [0.4, 0.5) is 10.1 Å². The predicted molar refractivity (Wildman–Crippen MR) is 108 cm³/mol. The molecule has 1 aromatic carbocycles. The number of nitro benzene ring substituents is 1. The lowest BCUT2D eigenvalue weighted by Crippen LogP contribution is -2.26. The Labute approximate surface area is 178 Å². The van der Waals surface area contributed by atoms with E-state index in [1.54, 1.807) is 4.68 Å². The summed E-state index contributed by atoms with van der Waals surface area (Å²) in [5, 5.41) is 22.1. The molecule has 0 atom stereocenters. The van der Waals surface area contributed by atoms with E-state index >= 15 is 0 Å². The smallest absolute Gasteiger partial charge is 0.311 e. The number of aryl methyl sites for hydroxylation is 2. The number of nitro groups is 1. The fourth-order valence-electron chi connectivity index (χ4n) is 2.59. The number of benzene rings is 1. The minimum Gasteiger partial charge on any atom is -0.464 e. The first-order valence-electron chi connectivity index (χ1n) is 8.91. The summed E-state index contributed by atoms with van der Waals surface area (Å²) < 4.78 is 22.6. The average Bonchev–Trinajstić information content (AvgIpc) is 3.30. The second-order valence-corrected chi connectivity index (χ2v) is 7.17. The van der Waals surface area contributed by atoms with Crippen LogP contribution in [0.25, 0.3) is 0 Å². The van der Waals surface area contributed by atoms with Crippen molar-refractivity contribution in [3.63, 3.8) is 0 Å². The maximum absolute atomic E-state index is 13.3. The van der Waals surface area contributed by atoms with Crippen molar-refractivity contribution in [2.24, 2.45) is 0 Å². The number of hydrogen-bond acceptors (Lipinski definition) is 6. The number of nitrogens with one attached hydrogen (secondary N) is 1. The molecule has 2 heterocycles. The number of carbonyl (C=O) groups excluding carboxylic acids is 1. The zero-order valence-electron chi connectivity index (χ0n) is 15.9. The molecule has 0 saturated heterocycles. The molecule has 0 unspecified atom stereocenters. The van der Waals surface area contributed by atoms with E-state index in [-0.39, 0.29) is 29.8 Å². The lowest BCUT2D eigenvalue weighted by atomic mass is 10.3. The molecule has 12 heteroatoms. The van der Waals surface area contributed by atoms with Crippen molar-refractivity contribution in [2.75, 3.05) is 6.54 Å². The average molecular weight is 481 g/mol. The molecular weight excluding hydrogens is 463 g/mol. The van der Waals surface area contributed by atoms with Crippen molar-refractivity contribution >= 4 is 27.5 Å². The quantitative estimate of drug-likeness (QED) is 0.285. The lowest BCUT2D eigenvalue weighted by molar-refractivity contribution is -0.386. The third kappa shape index (κ3) is 5.41. The van der Waals surface area contributed by atoms with Crippen LogP contribution in [0.2, 0.25) is 0 Å². The second-order valence-electron chi connectivity index (χ2n) is 6.32. The van der Waals surface area contributed by atoms with E-state index < -0.39 is 10.7 Å². The number of rotatable bonds is 9. The minimum absolute atomic E-state index is 0.171. The minimum atomic E-state index is -0.667. The standard InChI is InChI=1S/C18H18BrFN6O4/c1-12-14(19)10-24(22-12)7-2-6-21-18(27)15-5-8-25(23-15)11-30-17-9-13(20)3-4-16(17)26(28)29/h3-5,8-10H,2,6-7,11H2,1H3,(H,21,27). The van der Waals surface area contributed by atoms with Gasteiger partial charge < -0.3 is 10.1 Å². The molecule has 0 bridgehead atoms. The third-order valence-corrected chi connectivity index (χ3v) is 4.86. The summed E-state index contributed by atoms with van der Waals surface area (Å²) >= 11 is 3.40. The van der Waals surface area contributed by atoms with Gasteiger partial charge in [-0.05, 0) is 41.4 Å². The Morgan fingerprint density at radius 2 is 2.13 bits per heavy atom. The first-order valence-corrected chi connectivity index (χ1v) is 9.70. The monoisotopic (exact) mass is 480 g/mol. The normalized spacial score (nSPS) is 10.8. The molecule has 2 aromatic heterocycles. The van der Waals surface area contributed by atoms with E-state index in [0.717, 1.165) is 28.4 Å². The second kappa shape index (κ2) is 9.48. The van der Waals surface area contributed by atoms with Crippen LogP contribution >= 0.6 is 15.9 Å². The van der Waals surface area contributed by atoms with Gasteiger partial charge >= 0.3 is 5.69 Å². The van der Waals surface area contributed by atoms with Crippen LogP contribution in [0.1, 0.15) is 22.6 Å². The van der Waals surface area contributed by atoms with Gasteiger partial charge in [0.25, 0.3) is 5.91 Å². The Morgan fingerprint density at radius 3 is 2.83 bits per heavy atom. The lowest BCUT2D eigenvalue weighted by Gasteiger charge is -2.07. The molecule has 10 nitrogen and oxygen atoms in total. The molecule has 0 aliphatic rings. The van der Waals surface area contributed by atoms with E-state index in [0.29, 0.717) is 19.5 Å². The van der Waals surface area contributed by atoms with Gasteiger partial charge in [-0.15, -0.1) is 0 Å². The van der Waals surface area contributed by atoms with E-state index in [9.17, 15) is 19.3 Å². The van der Waals surface area contributed by atoms with Crippen molar-refractivity contribution in [1.29, 1.82) is 0 Å².